The van der Waals surface area contributed by atoms with E-state index in [9.17, 15) is 0 Å². The van der Waals surface area contributed by atoms with Crippen LogP contribution in [0.15, 0.2) is 29.8 Å². The summed E-state index contributed by atoms with van der Waals surface area (Å²) in [6.45, 7) is 6.06. The Balaban J connectivity index is 0.000000514. The molecule has 1 nitrogen and oxygen atoms in total. The lowest BCUT2D eigenvalue weighted by molar-refractivity contribution is 0.358. The number of benzene rings is 1. The summed E-state index contributed by atoms with van der Waals surface area (Å²) in [5.74, 6) is 0. The van der Waals surface area contributed by atoms with Crippen LogP contribution < -0.4 is 0 Å². The van der Waals surface area contributed by atoms with Gasteiger partial charge in [-0.3, -0.25) is 0 Å². The standard InChI is InChI=1S/C13H15N.C2H6/c1-14-7-6-13-11(9-14)8-10-4-2-3-5-12(10)13;1-2/h2-5H,6-9H2,1H3;1-2H3/i1D;. The van der Waals surface area contributed by atoms with Crippen LogP contribution in [0.1, 0.15) is 32.8 Å². The second kappa shape index (κ2) is 4.84. The summed E-state index contributed by atoms with van der Waals surface area (Å²) < 4.78 is 7.41. The second-order valence-corrected chi connectivity index (χ2v) is 4.22. The molecule has 1 aromatic rings. The van der Waals surface area contributed by atoms with Crippen molar-refractivity contribution in [3.63, 3.8) is 0 Å². The third-order valence-electron chi connectivity index (χ3n) is 3.27. The molecular weight excluding hydrogens is 194 g/mol. The monoisotopic (exact) mass is 216 g/mol. The lowest BCUT2D eigenvalue weighted by Crippen LogP contribution is -2.26. The maximum atomic E-state index is 7.41. The van der Waals surface area contributed by atoms with Gasteiger partial charge in [-0.2, -0.15) is 0 Å². The molecule has 0 aromatic heterocycles. The Kier molecular flexibility index (Phi) is 3.05. The largest absolute Gasteiger partial charge is 0.302 e. The van der Waals surface area contributed by atoms with Crippen molar-refractivity contribution < 1.29 is 1.37 Å². The third-order valence-corrected chi connectivity index (χ3v) is 3.27. The number of likely N-dealkylation sites (N-methyl/N-ethyl adjacent to an activating group) is 1. The van der Waals surface area contributed by atoms with Crippen LogP contribution in [0, 0.1) is 0 Å². The molecule has 2 aliphatic rings. The molecule has 16 heavy (non-hydrogen) atoms. The van der Waals surface area contributed by atoms with Crippen LogP contribution in [0.3, 0.4) is 0 Å². The zero-order valence-electron chi connectivity index (χ0n) is 11.3. The van der Waals surface area contributed by atoms with Crippen LogP contribution >= 0.6 is 0 Å². The van der Waals surface area contributed by atoms with E-state index in [4.69, 9.17) is 1.37 Å². The average Bonchev–Trinajstić information content (AvgIpc) is 2.78. The predicted molar refractivity (Wildman–Crippen MR) is 70.5 cm³/mol. The van der Waals surface area contributed by atoms with Gasteiger partial charge in [-0.15, -0.1) is 0 Å². The van der Waals surface area contributed by atoms with Crippen molar-refractivity contribution in [3.8, 4) is 0 Å². The summed E-state index contributed by atoms with van der Waals surface area (Å²) >= 11 is 0. The Morgan fingerprint density at radius 3 is 2.88 bits per heavy atom. The lowest BCUT2D eigenvalue weighted by atomic mass is 10.00. The molecule has 1 heteroatoms. The molecule has 0 amide bonds. The van der Waals surface area contributed by atoms with E-state index in [0.717, 1.165) is 25.9 Å². The molecule has 1 heterocycles. The second-order valence-electron chi connectivity index (χ2n) is 4.22. The average molecular weight is 216 g/mol. The highest BCUT2D eigenvalue weighted by atomic mass is 15.1. The van der Waals surface area contributed by atoms with Gasteiger partial charge >= 0.3 is 0 Å². The minimum atomic E-state index is 0.438. The quantitative estimate of drug-likeness (QED) is 0.643. The molecular formula is C15H21N. The van der Waals surface area contributed by atoms with Crippen LogP contribution in [0.25, 0.3) is 5.57 Å². The van der Waals surface area contributed by atoms with Gasteiger partial charge in [-0.25, -0.2) is 0 Å². The predicted octanol–water partition coefficient (Wildman–Crippen LogP) is 3.36. The Hall–Kier alpha value is -1.08. The smallest absolute Gasteiger partial charge is 0.0394 e. The van der Waals surface area contributed by atoms with E-state index in [1.54, 1.807) is 11.1 Å². The maximum absolute atomic E-state index is 7.41. The maximum Gasteiger partial charge on any atom is 0.0394 e. The van der Waals surface area contributed by atoms with Crippen LogP contribution in [-0.2, 0) is 6.42 Å². The molecule has 86 valence electrons. The van der Waals surface area contributed by atoms with E-state index < -0.39 is 0 Å². The van der Waals surface area contributed by atoms with E-state index in [2.05, 4.69) is 29.2 Å². The van der Waals surface area contributed by atoms with Crippen LogP contribution in [-0.4, -0.2) is 25.0 Å². The first-order valence-electron chi connectivity index (χ1n) is 6.90. The summed E-state index contributed by atoms with van der Waals surface area (Å²) in [6.07, 6.45) is 2.24. The lowest BCUT2D eigenvalue weighted by Gasteiger charge is -2.24. The van der Waals surface area contributed by atoms with Gasteiger partial charge in [0.1, 0.15) is 0 Å². The van der Waals surface area contributed by atoms with Gasteiger partial charge in [0.05, 0.1) is 0 Å². The number of hydrogen-bond acceptors (Lipinski definition) is 1. The van der Waals surface area contributed by atoms with Gasteiger partial charge in [0, 0.05) is 14.5 Å². The molecule has 0 spiro atoms. The molecule has 0 fully saturated rings. The summed E-state index contributed by atoms with van der Waals surface area (Å²) in [4.78, 5) is 2.21. The highest BCUT2D eigenvalue weighted by Gasteiger charge is 2.24. The summed E-state index contributed by atoms with van der Waals surface area (Å²) in [5.41, 5.74) is 6.07. The van der Waals surface area contributed by atoms with Gasteiger partial charge in [-0.1, -0.05) is 38.1 Å². The van der Waals surface area contributed by atoms with Crippen molar-refractivity contribution in [3.05, 3.63) is 41.0 Å². The first-order chi connectivity index (χ1) is 8.38. The van der Waals surface area contributed by atoms with Gasteiger partial charge in [0.15, 0.2) is 0 Å². The first-order valence-corrected chi connectivity index (χ1v) is 6.19. The van der Waals surface area contributed by atoms with Crippen molar-refractivity contribution in [2.75, 3.05) is 20.1 Å². The minimum Gasteiger partial charge on any atom is -0.302 e. The van der Waals surface area contributed by atoms with E-state index in [-0.39, 0.29) is 0 Å². The highest BCUT2D eigenvalue weighted by molar-refractivity contribution is 5.77. The molecule has 0 bridgehead atoms. The molecule has 0 saturated carbocycles. The summed E-state index contributed by atoms with van der Waals surface area (Å²) in [5, 5.41) is 0. The molecule has 0 saturated heterocycles. The minimum absolute atomic E-state index is 0.438. The topological polar surface area (TPSA) is 3.24 Å². The Morgan fingerprint density at radius 1 is 1.25 bits per heavy atom. The normalized spacial score (nSPS) is 19.5. The number of rotatable bonds is 0. The fraction of sp³-hybridized carbons (Fsp3) is 0.467. The fourth-order valence-electron chi connectivity index (χ4n) is 2.58. The van der Waals surface area contributed by atoms with Crippen molar-refractivity contribution >= 4 is 5.57 Å². The van der Waals surface area contributed by atoms with Gasteiger partial charge in [0.25, 0.3) is 0 Å². The SMILES string of the molecule is CC.[2H]CN1CCC2=C(Cc3ccccc32)C1. The van der Waals surface area contributed by atoms with Crippen molar-refractivity contribution in [1.29, 1.82) is 0 Å². The summed E-state index contributed by atoms with van der Waals surface area (Å²) in [7, 11) is 0.438. The zero-order chi connectivity index (χ0) is 12.3. The first kappa shape index (κ1) is 10.1. The molecule has 0 N–H and O–H groups in total. The van der Waals surface area contributed by atoms with Crippen LogP contribution in [0.4, 0.5) is 0 Å². The molecule has 1 aliphatic carbocycles. The zero-order valence-corrected chi connectivity index (χ0v) is 10.3. The third kappa shape index (κ3) is 1.92. The van der Waals surface area contributed by atoms with Gasteiger partial charge < -0.3 is 4.90 Å². The Labute approximate surface area is 100 Å². The molecule has 0 unspecified atom stereocenters. The fourth-order valence-corrected chi connectivity index (χ4v) is 2.58. The number of hydrogen-bond donors (Lipinski definition) is 0. The van der Waals surface area contributed by atoms with E-state index in [1.165, 1.54) is 11.1 Å². The molecule has 1 aromatic carbocycles. The highest BCUT2D eigenvalue weighted by Crippen LogP contribution is 2.37. The number of nitrogens with zero attached hydrogens (tertiary/aromatic N) is 1. The molecule has 0 radical (unpaired) electrons. The van der Waals surface area contributed by atoms with Crippen LogP contribution in [0.5, 0.6) is 0 Å². The van der Waals surface area contributed by atoms with Gasteiger partial charge in [-0.05, 0) is 42.1 Å². The van der Waals surface area contributed by atoms with Gasteiger partial charge in [0.2, 0.25) is 0 Å². The Morgan fingerprint density at radius 2 is 2.06 bits per heavy atom. The molecule has 3 rings (SSSR count). The van der Waals surface area contributed by atoms with Crippen LogP contribution in [0.2, 0.25) is 0 Å². The number of fused-ring (bicyclic) bond motifs is 2. The summed E-state index contributed by atoms with van der Waals surface area (Å²) in [6, 6.07) is 8.73. The Bertz CT molecular complexity index is 423. The van der Waals surface area contributed by atoms with E-state index >= 15 is 0 Å². The van der Waals surface area contributed by atoms with E-state index in [0.29, 0.717) is 7.02 Å². The van der Waals surface area contributed by atoms with Crippen molar-refractivity contribution in [2.45, 2.75) is 26.7 Å². The molecule has 1 aliphatic heterocycles. The molecule has 0 atom stereocenters. The van der Waals surface area contributed by atoms with E-state index in [1.807, 2.05) is 13.8 Å². The van der Waals surface area contributed by atoms with Crippen molar-refractivity contribution in [2.24, 2.45) is 0 Å². The van der Waals surface area contributed by atoms with Crippen molar-refractivity contribution in [1.82, 2.24) is 4.90 Å².